The fraction of sp³-hybridized carbons (Fsp3) is 0.538. The summed E-state index contributed by atoms with van der Waals surface area (Å²) in [6, 6.07) is 5.19. The number of sulfone groups is 1. The molecule has 0 aliphatic heterocycles. The molecule has 1 rings (SSSR count). The number of para-hydroxylation sites is 1. The molecular formula is C13H22N2O2S. The van der Waals surface area contributed by atoms with Gasteiger partial charge < -0.3 is 10.6 Å². The van der Waals surface area contributed by atoms with Gasteiger partial charge in [-0.25, -0.2) is 8.42 Å². The number of anilines is 2. The van der Waals surface area contributed by atoms with E-state index in [2.05, 4.69) is 18.7 Å². The molecule has 1 aromatic carbocycles. The van der Waals surface area contributed by atoms with Crippen LogP contribution in [-0.2, 0) is 9.84 Å². The number of nitrogen functional groups attached to an aromatic ring is 1. The first kappa shape index (κ1) is 14.8. The van der Waals surface area contributed by atoms with Crippen LogP contribution in [0.25, 0.3) is 0 Å². The van der Waals surface area contributed by atoms with Crippen molar-refractivity contribution in [1.82, 2.24) is 0 Å². The number of hydrogen-bond acceptors (Lipinski definition) is 4. The Hall–Kier alpha value is -1.23. The molecule has 102 valence electrons. The zero-order valence-electron chi connectivity index (χ0n) is 11.3. The summed E-state index contributed by atoms with van der Waals surface area (Å²) < 4.78 is 23.3. The van der Waals surface area contributed by atoms with E-state index in [0.717, 1.165) is 31.6 Å². The molecule has 5 heteroatoms. The molecule has 0 aliphatic rings. The topological polar surface area (TPSA) is 63.4 Å². The van der Waals surface area contributed by atoms with E-state index >= 15 is 0 Å². The van der Waals surface area contributed by atoms with E-state index in [0.29, 0.717) is 5.69 Å². The maximum absolute atomic E-state index is 11.6. The highest BCUT2D eigenvalue weighted by molar-refractivity contribution is 7.90. The highest BCUT2D eigenvalue weighted by atomic mass is 32.2. The van der Waals surface area contributed by atoms with E-state index in [-0.39, 0.29) is 4.90 Å². The number of rotatable bonds is 6. The van der Waals surface area contributed by atoms with Crippen molar-refractivity contribution in [2.75, 3.05) is 30.0 Å². The van der Waals surface area contributed by atoms with Crippen molar-refractivity contribution in [3.05, 3.63) is 18.2 Å². The van der Waals surface area contributed by atoms with E-state index in [1.165, 1.54) is 6.26 Å². The van der Waals surface area contributed by atoms with Gasteiger partial charge in [0.1, 0.15) is 0 Å². The highest BCUT2D eigenvalue weighted by Gasteiger charge is 2.16. The lowest BCUT2D eigenvalue weighted by Gasteiger charge is -2.26. The van der Waals surface area contributed by atoms with Crippen molar-refractivity contribution in [3.63, 3.8) is 0 Å². The summed E-state index contributed by atoms with van der Waals surface area (Å²) in [5.41, 5.74) is 7.19. The van der Waals surface area contributed by atoms with Gasteiger partial charge in [-0.05, 0) is 25.0 Å². The van der Waals surface area contributed by atoms with E-state index in [9.17, 15) is 8.42 Å². The first-order valence-corrected chi connectivity index (χ1v) is 8.14. The molecule has 0 bridgehead atoms. The number of benzene rings is 1. The average molecular weight is 270 g/mol. The van der Waals surface area contributed by atoms with Gasteiger partial charge in [-0.2, -0.15) is 0 Å². The predicted molar refractivity (Wildman–Crippen MR) is 76.8 cm³/mol. The maximum Gasteiger partial charge on any atom is 0.177 e. The van der Waals surface area contributed by atoms with Crippen LogP contribution in [0.5, 0.6) is 0 Å². The first-order valence-electron chi connectivity index (χ1n) is 6.25. The normalized spacial score (nSPS) is 11.5. The third kappa shape index (κ3) is 3.38. The average Bonchev–Trinajstić information content (AvgIpc) is 2.27. The largest absolute Gasteiger partial charge is 0.396 e. The van der Waals surface area contributed by atoms with Gasteiger partial charge >= 0.3 is 0 Å². The Bertz CT molecular complexity index is 492. The van der Waals surface area contributed by atoms with Crippen molar-refractivity contribution in [2.24, 2.45) is 0 Å². The van der Waals surface area contributed by atoms with Crippen LogP contribution in [0.4, 0.5) is 11.4 Å². The van der Waals surface area contributed by atoms with Gasteiger partial charge in [0.15, 0.2) is 9.84 Å². The molecule has 0 spiro atoms. The van der Waals surface area contributed by atoms with Gasteiger partial charge in [0.2, 0.25) is 0 Å². The van der Waals surface area contributed by atoms with Crippen LogP contribution in [0.2, 0.25) is 0 Å². The quantitative estimate of drug-likeness (QED) is 0.806. The number of nitrogens with two attached hydrogens (primary N) is 1. The van der Waals surface area contributed by atoms with E-state index in [1.807, 2.05) is 6.07 Å². The standard InChI is InChI=1S/C13H22N2O2S/c1-4-9-15(10-5-2)11-7-6-8-12(13(11)14)18(3,16)17/h6-8H,4-5,9-10,14H2,1-3H3. The molecule has 0 saturated carbocycles. The lowest BCUT2D eigenvalue weighted by atomic mass is 10.2. The van der Waals surface area contributed by atoms with E-state index in [1.54, 1.807) is 12.1 Å². The molecule has 0 atom stereocenters. The smallest absolute Gasteiger partial charge is 0.177 e. The molecule has 0 radical (unpaired) electrons. The molecule has 2 N–H and O–H groups in total. The summed E-state index contributed by atoms with van der Waals surface area (Å²) in [7, 11) is -3.27. The van der Waals surface area contributed by atoms with Crippen LogP contribution >= 0.6 is 0 Å². The molecule has 0 fully saturated rings. The van der Waals surface area contributed by atoms with Crippen molar-refractivity contribution >= 4 is 21.2 Å². The Labute approximate surface area is 110 Å². The Morgan fingerprint density at radius 3 is 2.17 bits per heavy atom. The molecule has 4 nitrogen and oxygen atoms in total. The van der Waals surface area contributed by atoms with Crippen molar-refractivity contribution in [3.8, 4) is 0 Å². The minimum atomic E-state index is -3.27. The minimum absolute atomic E-state index is 0.220. The molecule has 0 saturated heterocycles. The molecular weight excluding hydrogens is 248 g/mol. The summed E-state index contributed by atoms with van der Waals surface area (Å²) in [5, 5.41) is 0. The zero-order chi connectivity index (χ0) is 13.8. The van der Waals surface area contributed by atoms with Gasteiger partial charge in [-0.1, -0.05) is 19.9 Å². The third-order valence-corrected chi connectivity index (χ3v) is 3.93. The second-order valence-corrected chi connectivity index (χ2v) is 6.43. The van der Waals surface area contributed by atoms with E-state index < -0.39 is 9.84 Å². The van der Waals surface area contributed by atoms with Crippen LogP contribution < -0.4 is 10.6 Å². The Balaban J connectivity index is 3.24. The highest BCUT2D eigenvalue weighted by Crippen LogP contribution is 2.30. The summed E-state index contributed by atoms with van der Waals surface area (Å²) in [6.07, 6.45) is 3.19. The summed E-state index contributed by atoms with van der Waals surface area (Å²) in [4.78, 5) is 2.36. The van der Waals surface area contributed by atoms with Crippen LogP contribution in [0.15, 0.2) is 23.1 Å². The third-order valence-electron chi connectivity index (χ3n) is 2.77. The minimum Gasteiger partial charge on any atom is -0.396 e. The fourth-order valence-corrected chi connectivity index (χ4v) is 2.85. The Kier molecular flexibility index (Phi) is 5.02. The summed E-state index contributed by atoms with van der Waals surface area (Å²) in [5.74, 6) is 0. The second-order valence-electron chi connectivity index (χ2n) is 4.45. The van der Waals surface area contributed by atoms with Crippen molar-refractivity contribution in [2.45, 2.75) is 31.6 Å². The van der Waals surface area contributed by atoms with E-state index in [4.69, 9.17) is 5.73 Å². The zero-order valence-corrected chi connectivity index (χ0v) is 12.1. The van der Waals surface area contributed by atoms with Gasteiger partial charge in [0.05, 0.1) is 16.3 Å². The lowest BCUT2D eigenvalue weighted by molar-refractivity contribution is 0.602. The van der Waals surface area contributed by atoms with Gasteiger partial charge in [0, 0.05) is 19.3 Å². The molecule has 0 heterocycles. The monoisotopic (exact) mass is 270 g/mol. The fourth-order valence-electron chi connectivity index (χ4n) is 2.02. The summed E-state index contributed by atoms with van der Waals surface area (Å²) in [6.45, 7) is 5.95. The molecule has 0 amide bonds. The van der Waals surface area contributed by atoms with Gasteiger partial charge in [-0.3, -0.25) is 0 Å². The van der Waals surface area contributed by atoms with Crippen molar-refractivity contribution < 1.29 is 8.42 Å². The molecule has 0 unspecified atom stereocenters. The maximum atomic E-state index is 11.6. The molecule has 1 aromatic rings. The van der Waals surface area contributed by atoms with Crippen LogP contribution in [0.3, 0.4) is 0 Å². The summed E-state index contributed by atoms with van der Waals surface area (Å²) >= 11 is 0. The van der Waals surface area contributed by atoms with Gasteiger partial charge in [-0.15, -0.1) is 0 Å². The predicted octanol–water partition coefficient (Wildman–Crippen LogP) is 2.30. The Morgan fingerprint density at radius 1 is 1.17 bits per heavy atom. The van der Waals surface area contributed by atoms with Crippen LogP contribution in [0.1, 0.15) is 26.7 Å². The number of hydrogen-bond donors (Lipinski definition) is 1. The van der Waals surface area contributed by atoms with Crippen molar-refractivity contribution in [1.29, 1.82) is 0 Å². The Morgan fingerprint density at radius 2 is 1.72 bits per heavy atom. The van der Waals surface area contributed by atoms with Crippen LogP contribution in [-0.4, -0.2) is 27.8 Å². The lowest BCUT2D eigenvalue weighted by Crippen LogP contribution is -2.26. The first-order chi connectivity index (χ1) is 8.41. The molecule has 0 aromatic heterocycles. The molecule has 18 heavy (non-hydrogen) atoms. The van der Waals surface area contributed by atoms with Crippen LogP contribution in [0, 0.1) is 0 Å². The van der Waals surface area contributed by atoms with Gasteiger partial charge in [0.25, 0.3) is 0 Å². The second kappa shape index (κ2) is 6.09. The SMILES string of the molecule is CCCN(CCC)c1cccc(S(C)(=O)=O)c1N. The molecule has 0 aliphatic carbocycles. The number of nitrogens with zero attached hydrogens (tertiary/aromatic N) is 1.